The Morgan fingerprint density at radius 2 is 1.78 bits per heavy atom. The highest BCUT2D eigenvalue weighted by Crippen LogP contribution is 2.36. The van der Waals surface area contributed by atoms with Crippen molar-refractivity contribution < 1.29 is 9.53 Å². The quantitative estimate of drug-likeness (QED) is 0.417. The van der Waals surface area contributed by atoms with Crippen LogP contribution >= 0.6 is 11.3 Å². The van der Waals surface area contributed by atoms with E-state index in [1.807, 2.05) is 65.9 Å². The van der Waals surface area contributed by atoms with Crippen LogP contribution in [0.15, 0.2) is 54.6 Å². The van der Waals surface area contributed by atoms with Gasteiger partial charge in [0.25, 0.3) is 0 Å². The molecule has 5 heteroatoms. The summed E-state index contributed by atoms with van der Waals surface area (Å²) in [7, 11) is 0. The average Bonchev–Trinajstić information content (AvgIpc) is 3.25. The SMILES string of the molecule is CCOc1ccc(-c2c(CC)sc3nc(-c4ccccc4)c(C=O)n23)cc1. The maximum Gasteiger partial charge on any atom is 0.195 e. The van der Waals surface area contributed by atoms with Crippen molar-refractivity contribution >= 4 is 22.6 Å². The number of hydrogen-bond acceptors (Lipinski definition) is 4. The summed E-state index contributed by atoms with van der Waals surface area (Å²) in [4.78, 5) is 18.9. The summed E-state index contributed by atoms with van der Waals surface area (Å²) >= 11 is 1.64. The minimum atomic E-state index is 0.594. The molecule has 2 aromatic heterocycles. The molecule has 0 amide bonds. The number of carbonyl (C=O) groups is 1. The molecular weight excluding hydrogens is 356 g/mol. The van der Waals surface area contributed by atoms with E-state index in [4.69, 9.17) is 9.72 Å². The number of aldehydes is 1. The molecule has 0 N–H and O–H groups in total. The number of nitrogens with zero attached hydrogens (tertiary/aromatic N) is 2. The molecule has 0 aliphatic heterocycles. The van der Waals surface area contributed by atoms with Gasteiger partial charge in [-0.1, -0.05) is 37.3 Å². The third-order valence-corrected chi connectivity index (χ3v) is 5.69. The lowest BCUT2D eigenvalue weighted by Crippen LogP contribution is -1.97. The molecule has 0 bridgehead atoms. The van der Waals surface area contributed by atoms with Gasteiger partial charge in [0.1, 0.15) is 17.1 Å². The molecule has 0 fully saturated rings. The summed E-state index contributed by atoms with van der Waals surface area (Å²) in [6, 6.07) is 17.9. The van der Waals surface area contributed by atoms with Gasteiger partial charge in [0.2, 0.25) is 0 Å². The van der Waals surface area contributed by atoms with Crippen molar-refractivity contribution in [2.75, 3.05) is 6.61 Å². The molecule has 0 saturated heterocycles. The third kappa shape index (κ3) is 3.04. The molecule has 0 spiro atoms. The van der Waals surface area contributed by atoms with Gasteiger partial charge in [-0.15, -0.1) is 11.3 Å². The number of aromatic nitrogens is 2. The van der Waals surface area contributed by atoms with Crippen molar-refractivity contribution in [2.45, 2.75) is 20.3 Å². The van der Waals surface area contributed by atoms with Crippen LogP contribution < -0.4 is 4.74 Å². The molecule has 0 aliphatic rings. The van der Waals surface area contributed by atoms with E-state index in [0.29, 0.717) is 12.3 Å². The van der Waals surface area contributed by atoms with E-state index < -0.39 is 0 Å². The van der Waals surface area contributed by atoms with Gasteiger partial charge in [0, 0.05) is 10.4 Å². The maximum absolute atomic E-state index is 12.0. The largest absolute Gasteiger partial charge is 0.494 e. The lowest BCUT2D eigenvalue weighted by molar-refractivity contribution is 0.111. The first-order chi connectivity index (χ1) is 13.3. The van der Waals surface area contributed by atoms with Gasteiger partial charge in [-0.3, -0.25) is 9.20 Å². The van der Waals surface area contributed by atoms with E-state index in [1.54, 1.807) is 11.3 Å². The summed E-state index contributed by atoms with van der Waals surface area (Å²) in [5.74, 6) is 0.844. The molecule has 0 aliphatic carbocycles. The van der Waals surface area contributed by atoms with Crippen LogP contribution in [0.25, 0.3) is 27.5 Å². The molecule has 4 aromatic rings. The second kappa shape index (κ2) is 7.37. The highest BCUT2D eigenvalue weighted by Gasteiger charge is 2.21. The number of benzene rings is 2. The predicted molar refractivity (Wildman–Crippen MR) is 110 cm³/mol. The molecule has 0 atom stereocenters. The van der Waals surface area contributed by atoms with Crippen LogP contribution in [0.1, 0.15) is 29.2 Å². The number of carbonyl (C=O) groups excluding carboxylic acids is 1. The molecule has 2 heterocycles. The zero-order valence-electron chi connectivity index (χ0n) is 15.3. The molecule has 27 heavy (non-hydrogen) atoms. The van der Waals surface area contributed by atoms with Crippen LogP contribution in [-0.4, -0.2) is 22.3 Å². The summed E-state index contributed by atoms with van der Waals surface area (Å²) in [5, 5.41) is 0. The van der Waals surface area contributed by atoms with Crippen LogP contribution in [0.5, 0.6) is 5.75 Å². The fourth-order valence-corrected chi connectivity index (χ4v) is 4.39. The topological polar surface area (TPSA) is 43.6 Å². The Morgan fingerprint density at radius 3 is 2.41 bits per heavy atom. The zero-order chi connectivity index (χ0) is 18.8. The van der Waals surface area contributed by atoms with Crippen LogP contribution in [0.2, 0.25) is 0 Å². The summed E-state index contributed by atoms with van der Waals surface area (Å²) < 4.78 is 7.55. The second-order valence-corrected chi connectivity index (χ2v) is 7.19. The summed E-state index contributed by atoms with van der Waals surface area (Å²) in [6.07, 6.45) is 1.79. The van der Waals surface area contributed by atoms with Crippen molar-refractivity contribution in [3.63, 3.8) is 0 Å². The Hall–Kier alpha value is -2.92. The Bertz CT molecular complexity index is 1080. The second-order valence-electron chi connectivity index (χ2n) is 6.13. The van der Waals surface area contributed by atoms with E-state index in [0.717, 1.165) is 45.9 Å². The van der Waals surface area contributed by atoms with Gasteiger partial charge >= 0.3 is 0 Å². The van der Waals surface area contributed by atoms with E-state index in [1.165, 1.54) is 4.88 Å². The normalized spacial score (nSPS) is 11.0. The van der Waals surface area contributed by atoms with Gasteiger partial charge in [-0.05, 0) is 43.2 Å². The van der Waals surface area contributed by atoms with Crippen molar-refractivity contribution in [3.05, 3.63) is 65.2 Å². The van der Waals surface area contributed by atoms with Gasteiger partial charge in [0.15, 0.2) is 11.2 Å². The van der Waals surface area contributed by atoms with E-state index in [-0.39, 0.29) is 0 Å². The van der Waals surface area contributed by atoms with Crippen molar-refractivity contribution in [1.82, 2.24) is 9.38 Å². The maximum atomic E-state index is 12.0. The first-order valence-corrected chi connectivity index (χ1v) is 9.86. The summed E-state index contributed by atoms with van der Waals surface area (Å²) in [5.41, 5.74) is 4.37. The van der Waals surface area contributed by atoms with Gasteiger partial charge < -0.3 is 4.74 Å². The van der Waals surface area contributed by atoms with Gasteiger partial charge in [0.05, 0.1) is 12.3 Å². The van der Waals surface area contributed by atoms with E-state index in [2.05, 4.69) is 6.92 Å². The summed E-state index contributed by atoms with van der Waals surface area (Å²) in [6.45, 7) is 4.74. The van der Waals surface area contributed by atoms with E-state index in [9.17, 15) is 4.79 Å². The molecule has 0 radical (unpaired) electrons. The molecule has 0 saturated carbocycles. The van der Waals surface area contributed by atoms with Crippen LogP contribution in [0.3, 0.4) is 0 Å². The molecule has 4 nitrogen and oxygen atoms in total. The molecule has 2 aromatic carbocycles. The Kier molecular flexibility index (Phi) is 4.77. The zero-order valence-corrected chi connectivity index (χ0v) is 16.1. The third-order valence-electron chi connectivity index (χ3n) is 4.50. The van der Waals surface area contributed by atoms with Crippen LogP contribution in [0.4, 0.5) is 0 Å². The smallest absolute Gasteiger partial charge is 0.195 e. The first-order valence-electron chi connectivity index (χ1n) is 9.04. The molecule has 136 valence electrons. The number of rotatable bonds is 6. The lowest BCUT2D eigenvalue weighted by Gasteiger charge is -2.08. The minimum absolute atomic E-state index is 0.594. The van der Waals surface area contributed by atoms with Gasteiger partial charge in [-0.2, -0.15) is 0 Å². The number of ether oxygens (including phenoxy) is 1. The monoisotopic (exact) mass is 376 g/mol. The lowest BCUT2D eigenvalue weighted by atomic mass is 10.1. The fraction of sp³-hybridized carbons (Fsp3) is 0.182. The van der Waals surface area contributed by atoms with Crippen LogP contribution in [0, 0.1) is 0 Å². The van der Waals surface area contributed by atoms with Gasteiger partial charge in [-0.25, -0.2) is 4.98 Å². The molecule has 0 unspecified atom stereocenters. The fourth-order valence-electron chi connectivity index (χ4n) is 3.30. The van der Waals surface area contributed by atoms with Crippen LogP contribution in [-0.2, 0) is 6.42 Å². The highest BCUT2D eigenvalue weighted by molar-refractivity contribution is 7.17. The number of thiazole rings is 1. The first kappa shape index (κ1) is 17.5. The number of aryl methyl sites for hydroxylation is 1. The highest BCUT2D eigenvalue weighted by atomic mass is 32.1. The Morgan fingerprint density at radius 1 is 1.04 bits per heavy atom. The van der Waals surface area contributed by atoms with Crippen molar-refractivity contribution in [3.8, 4) is 28.3 Å². The van der Waals surface area contributed by atoms with Crippen molar-refractivity contribution in [2.24, 2.45) is 0 Å². The molecular formula is C22H20N2O2S. The predicted octanol–water partition coefficient (Wildman–Crippen LogP) is 5.50. The van der Waals surface area contributed by atoms with Crippen molar-refractivity contribution in [1.29, 1.82) is 0 Å². The van der Waals surface area contributed by atoms with E-state index >= 15 is 0 Å². The standard InChI is InChI=1S/C22H20N2O2S/c1-3-19-21(16-10-12-17(13-11-16)26-4-2)24-18(14-25)20(23-22(24)27-19)15-8-6-5-7-9-15/h5-14H,3-4H2,1-2H3. The number of imidazole rings is 1. The number of fused-ring (bicyclic) bond motifs is 1. The molecule has 4 rings (SSSR count). The Balaban J connectivity index is 1.93. The Labute approximate surface area is 162 Å². The average molecular weight is 376 g/mol. The number of hydrogen-bond donors (Lipinski definition) is 0. The minimum Gasteiger partial charge on any atom is -0.494 e.